The summed E-state index contributed by atoms with van der Waals surface area (Å²) >= 11 is 0. The molecule has 0 saturated heterocycles. The Morgan fingerprint density at radius 3 is 2.71 bits per heavy atom. The van der Waals surface area contributed by atoms with E-state index in [-0.39, 0.29) is 12.2 Å². The second-order valence-electron chi connectivity index (χ2n) is 6.14. The first-order valence-electron chi connectivity index (χ1n) is 7.51. The lowest BCUT2D eigenvalue weighted by Gasteiger charge is -2.34. The average molecular weight is 285 g/mol. The Morgan fingerprint density at radius 1 is 1.24 bits per heavy atom. The van der Waals surface area contributed by atoms with E-state index < -0.39 is 0 Å². The van der Waals surface area contributed by atoms with Gasteiger partial charge in [-0.25, -0.2) is 0 Å². The van der Waals surface area contributed by atoms with Gasteiger partial charge in [0.05, 0.1) is 18.4 Å². The molecule has 1 unspecified atom stereocenters. The van der Waals surface area contributed by atoms with Gasteiger partial charge in [0.15, 0.2) is 0 Å². The van der Waals surface area contributed by atoms with Crippen LogP contribution in [0.3, 0.4) is 0 Å². The number of rotatable bonds is 3. The molecule has 1 aromatic carbocycles. The molecule has 2 aromatic rings. The van der Waals surface area contributed by atoms with E-state index in [1.807, 2.05) is 17.9 Å². The Bertz CT molecular complexity index is 633. The summed E-state index contributed by atoms with van der Waals surface area (Å²) < 4.78 is 7.85. The van der Waals surface area contributed by atoms with Crippen molar-refractivity contribution in [2.45, 2.75) is 32.5 Å². The predicted octanol–water partition coefficient (Wildman–Crippen LogP) is 2.87. The summed E-state index contributed by atoms with van der Waals surface area (Å²) in [7, 11) is 4.08. The van der Waals surface area contributed by atoms with Gasteiger partial charge in [0.2, 0.25) is 0 Å². The maximum absolute atomic E-state index is 6.01. The number of nitrogens with zero attached hydrogens (tertiary/aromatic N) is 3. The second-order valence-corrected chi connectivity index (χ2v) is 6.14. The third-order valence-corrected chi connectivity index (χ3v) is 3.92. The second kappa shape index (κ2) is 5.53. The molecule has 112 valence electrons. The van der Waals surface area contributed by atoms with E-state index in [0.717, 1.165) is 18.5 Å². The van der Waals surface area contributed by atoms with Crippen LogP contribution >= 0.6 is 0 Å². The summed E-state index contributed by atoms with van der Waals surface area (Å²) in [5.74, 6) is 0. The Morgan fingerprint density at radius 2 is 2.05 bits per heavy atom. The molecule has 0 amide bonds. The van der Waals surface area contributed by atoms with Crippen molar-refractivity contribution in [2.24, 2.45) is 7.05 Å². The summed E-state index contributed by atoms with van der Waals surface area (Å²) in [6.45, 7) is 5.15. The molecule has 1 aromatic heterocycles. The summed E-state index contributed by atoms with van der Waals surface area (Å²) in [4.78, 5) is 2.29. The van der Waals surface area contributed by atoms with Crippen LogP contribution in [0, 0.1) is 0 Å². The van der Waals surface area contributed by atoms with Crippen molar-refractivity contribution in [3.63, 3.8) is 0 Å². The molecule has 4 heteroatoms. The first-order valence-corrected chi connectivity index (χ1v) is 7.51. The zero-order valence-corrected chi connectivity index (χ0v) is 13.2. The van der Waals surface area contributed by atoms with E-state index >= 15 is 0 Å². The number of fused-ring (bicyclic) bond motifs is 1. The molecule has 0 bridgehead atoms. The first kappa shape index (κ1) is 14.1. The monoisotopic (exact) mass is 285 g/mol. The van der Waals surface area contributed by atoms with Crippen molar-refractivity contribution in [1.82, 2.24) is 9.78 Å². The minimum Gasteiger partial charge on any atom is -0.373 e. The van der Waals surface area contributed by atoms with Crippen molar-refractivity contribution in [3.8, 4) is 11.1 Å². The summed E-state index contributed by atoms with van der Waals surface area (Å²) in [6.07, 6.45) is 5.48. The highest BCUT2D eigenvalue weighted by Crippen LogP contribution is 2.31. The quantitative estimate of drug-likeness (QED) is 0.868. The van der Waals surface area contributed by atoms with Crippen LogP contribution in [0.15, 0.2) is 30.6 Å². The summed E-state index contributed by atoms with van der Waals surface area (Å²) in [6, 6.07) is 6.66. The highest BCUT2D eigenvalue weighted by atomic mass is 16.5. The van der Waals surface area contributed by atoms with Crippen LogP contribution in [0.4, 0.5) is 5.69 Å². The van der Waals surface area contributed by atoms with Crippen molar-refractivity contribution in [3.05, 3.63) is 36.2 Å². The van der Waals surface area contributed by atoms with Crippen LogP contribution in [0.2, 0.25) is 0 Å². The molecular formula is C17H23N3O. The van der Waals surface area contributed by atoms with E-state index in [1.54, 1.807) is 0 Å². The summed E-state index contributed by atoms with van der Waals surface area (Å²) in [5, 5.41) is 4.26. The van der Waals surface area contributed by atoms with Crippen LogP contribution in [0.1, 0.15) is 19.4 Å². The zero-order chi connectivity index (χ0) is 15.0. The van der Waals surface area contributed by atoms with Gasteiger partial charge in [-0.2, -0.15) is 5.10 Å². The molecule has 0 spiro atoms. The van der Waals surface area contributed by atoms with Crippen LogP contribution in [0.25, 0.3) is 11.1 Å². The third-order valence-electron chi connectivity index (χ3n) is 3.92. The molecule has 0 radical (unpaired) electrons. The van der Waals surface area contributed by atoms with Crippen LogP contribution < -0.4 is 4.90 Å². The number of ether oxygens (including phenoxy) is 1. The molecule has 3 rings (SSSR count). The largest absolute Gasteiger partial charge is 0.373 e. The van der Waals surface area contributed by atoms with Gasteiger partial charge in [0.1, 0.15) is 0 Å². The number of benzene rings is 1. The van der Waals surface area contributed by atoms with Crippen LogP contribution in [0.5, 0.6) is 0 Å². The van der Waals surface area contributed by atoms with Crippen molar-refractivity contribution in [2.75, 3.05) is 18.5 Å². The van der Waals surface area contributed by atoms with Crippen molar-refractivity contribution in [1.29, 1.82) is 0 Å². The molecule has 0 N–H and O–H groups in total. The molecule has 0 saturated carbocycles. The Balaban J connectivity index is 1.90. The predicted molar refractivity (Wildman–Crippen MR) is 85.6 cm³/mol. The highest BCUT2D eigenvalue weighted by molar-refractivity contribution is 5.69. The van der Waals surface area contributed by atoms with Crippen molar-refractivity contribution >= 4 is 5.69 Å². The van der Waals surface area contributed by atoms with Gasteiger partial charge in [-0.15, -0.1) is 0 Å². The van der Waals surface area contributed by atoms with Crippen LogP contribution in [-0.4, -0.2) is 35.6 Å². The minimum absolute atomic E-state index is 0.270. The number of anilines is 1. The van der Waals surface area contributed by atoms with E-state index in [9.17, 15) is 0 Å². The Hall–Kier alpha value is -1.81. The molecule has 1 aliphatic heterocycles. The topological polar surface area (TPSA) is 30.3 Å². The van der Waals surface area contributed by atoms with Gasteiger partial charge in [-0.05, 0) is 37.1 Å². The van der Waals surface area contributed by atoms with Gasteiger partial charge in [0, 0.05) is 44.5 Å². The number of aryl methyl sites for hydroxylation is 1. The van der Waals surface area contributed by atoms with Gasteiger partial charge < -0.3 is 9.64 Å². The zero-order valence-electron chi connectivity index (χ0n) is 13.2. The van der Waals surface area contributed by atoms with Crippen molar-refractivity contribution < 1.29 is 4.74 Å². The minimum atomic E-state index is 0.270. The van der Waals surface area contributed by atoms with Gasteiger partial charge in [0.25, 0.3) is 0 Å². The third kappa shape index (κ3) is 2.95. The Kier molecular flexibility index (Phi) is 3.72. The van der Waals surface area contributed by atoms with Crippen LogP contribution in [-0.2, 0) is 18.2 Å². The molecule has 2 heterocycles. The smallest absolute Gasteiger partial charge is 0.0794 e. The fourth-order valence-corrected chi connectivity index (χ4v) is 3.06. The average Bonchev–Trinajstić information content (AvgIpc) is 2.84. The fourth-order valence-electron chi connectivity index (χ4n) is 3.06. The number of aromatic nitrogens is 2. The number of hydrogen-bond acceptors (Lipinski definition) is 3. The highest BCUT2D eigenvalue weighted by Gasteiger charge is 2.23. The van der Waals surface area contributed by atoms with Gasteiger partial charge in [-0.3, -0.25) is 4.68 Å². The molecule has 0 aliphatic carbocycles. The standard InChI is InChI=1S/C17H23N3O/c1-12(2)21-16-8-14-7-13(15-9-18-20(4)10-15)5-6-17(14)19(3)11-16/h5-7,9-10,12,16H,8,11H2,1-4H3. The maximum atomic E-state index is 6.01. The van der Waals surface area contributed by atoms with E-state index in [0.29, 0.717) is 0 Å². The SMILES string of the molecule is CC(C)OC1Cc2cc(-c3cnn(C)c3)ccc2N(C)C1. The van der Waals surface area contributed by atoms with Gasteiger partial charge in [-0.1, -0.05) is 6.07 Å². The molecule has 1 aliphatic rings. The van der Waals surface area contributed by atoms with E-state index in [1.165, 1.54) is 16.8 Å². The molecular weight excluding hydrogens is 262 g/mol. The first-order chi connectivity index (χ1) is 10.0. The molecule has 0 fully saturated rings. The Labute approximate surface area is 126 Å². The fraction of sp³-hybridized carbons (Fsp3) is 0.471. The summed E-state index contributed by atoms with van der Waals surface area (Å²) in [5.41, 5.74) is 5.05. The van der Waals surface area contributed by atoms with Gasteiger partial charge >= 0.3 is 0 Å². The molecule has 4 nitrogen and oxygen atoms in total. The number of hydrogen-bond donors (Lipinski definition) is 0. The number of likely N-dealkylation sites (N-methyl/N-ethyl adjacent to an activating group) is 1. The molecule has 1 atom stereocenters. The lowest BCUT2D eigenvalue weighted by atomic mass is 9.96. The lowest BCUT2D eigenvalue weighted by molar-refractivity contribution is 0.0111. The molecule has 21 heavy (non-hydrogen) atoms. The van der Waals surface area contributed by atoms with E-state index in [2.05, 4.69) is 55.3 Å². The lowest BCUT2D eigenvalue weighted by Crippen LogP contribution is -2.38. The normalized spacial score (nSPS) is 18.1. The maximum Gasteiger partial charge on any atom is 0.0794 e. The van der Waals surface area contributed by atoms with E-state index in [4.69, 9.17) is 4.74 Å².